The van der Waals surface area contributed by atoms with Gasteiger partial charge in [-0.05, 0) is 37.1 Å². The molecule has 2 rings (SSSR count). The van der Waals surface area contributed by atoms with Crippen LogP contribution in [0.15, 0.2) is 5.38 Å². The molecule has 5 heteroatoms. The van der Waals surface area contributed by atoms with Crippen molar-refractivity contribution in [3.8, 4) is 0 Å². The van der Waals surface area contributed by atoms with E-state index in [4.69, 9.17) is 23.2 Å². The zero-order chi connectivity index (χ0) is 12.4. The summed E-state index contributed by atoms with van der Waals surface area (Å²) in [4.78, 5) is 14.9. The van der Waals surface area contributed by atoms with Gasteiger partial charge in [0.15, 0.2) is 0 Å². The molecule has 1 aromatic heterocycles. The largest absolute Gasteiger partial charge is 0.334 e. The van der Waals surface area contributed by atoms with Crippen LogP contribution in [0.4, 0.5) is 0 Å². The van der Waals surface area contributed by atoms with Crippen molar-refractivity contribution in [1.82, 2.24) is 4.90 Å². The number of hydrogen-bond donors (Lipinski definition) is 0. The Bertz CT molecular complexity index is 419. The predicted octanol–water partition coefficient (Wildman–Crippen LogP) is 3.94. The zero-order valence-corrected chi connectivity index (χ0v) is 12.0. The topological polar surface area (TPSA) is 20.3 Å². The smallest absolute Gasteiger partial charge is 0.265 e. The Kier molecular flexibility index (Phi) is 4.34. The number of nitrogens with zero attached hydrogens (tertiary/aromatic N) is 1. The van der Waals surface area contributed by atoms with E-state index in [1.165, 1.54) is 11.3 Å². The van der Waals surface area contributed by atoms with Gasteiger partial charge in [0.25, 0.3) is 5.91 Å². The predicted molar refractivity (Wildman–Crippen MR) is 73.5 cm³/mol. The Hall–Kier alpha value is -0.250. The van der Waals surface area contributed by atoms with E-state index in [1.807, 2.05) is 17.2 Å². The fraction of sp³-hybridized carbons (Fsp3) is 0.583. The van der Waals surface area contributed by atoms with Gasteiger partial charge in [0.05, 0.1) is 5.02 Å². The molecule has 17 heavy (non-hydrogen) atoms. The summed E-state index contributed by atoms with van der Waals surface area (Å²) in [6, 6.07) is 0.163. The first-order chi connectivity index (χ1) is 8.15. The van der Waals surface area contributed by atoms with Crippen molar-refractivity contribution >= 4 is 40.4 Å². The zero-order valence-electron chi connectivity index (χ0n) is 9.71. The van der Waals surface area contributed by atoms with Gasteiger partial charge in [-0.25, -0.2) is 0 Å². The molecule has 2 heterocycles. The number of rotatable bonds is 2. The van der Waals surface area contributed by atoms with Crippen molar-refractivity contribution in [2.75, 3.05) is 12.4 Å². The first-order valence-electron chi connectivity index (χ1n) is 5.75. The molecule has 1 atom stereocenters. The van der Waals surface area contributed by atoms with Crippen molar-refractivity contribution in [3.05, 3.63) is 20.8 Å². The Labute approximate surface area is 116 Å². The minimum absolute atomic E-state index is 0.0402. The lowest BCUT2D eigenvalue weighted by Gasteiger charge is -2.34. The number of amides is 1. The maximum Gasteiger partial charge on any atom is 0.265 e. The van der Waals surface area contributed by atoms with Gasteiger partial charge in [-0.15, -0.1) is 22.9 Å². The van der Waals surface area contributed by atoms with Crippen molar-refractivity contribution in [1.29, 1.82) is 0 Å². The molecule has 0 aliphatic carbocycles. The summed E-state index contributed by atoms with van der Waals surface area (Å²) < 4.78 is 0. The summed E-state index contributed by atoms with van der Waals surface area (Å²) in [6.45, 7) is 2.72. The minimum atomic E-state index is 0.0402. The molecule has 0 saturated carbocycles. The van der Waals surface area contributed by atoms with Crippen LogP contribution in [0.1, 0.15) is 34.5 Å². The van der Waals surface area contributed by atoms with Crippen LogP contribution in [-0.4, -0.2) is 29.3 Å². The fourth-order valence-corrected chi connectivity index (χ4v) is 3.68. The minimum Gasteiger partial charge on any atom is -0.334 e. The lowest BCUT2D eigenvalue weighted by atomic mass is 10.0. The third-order valence-electron chi connectivity index (χ3n) is 3.16. The van der Waals surface area contributed by atoms with Crippen molar-refractivity contribution in [2.24, 2.45) is 0 Å². The second kappa shape index (κ2) is 5.59. The Morgan fingerprint density at radius 1 is 1.59 bits per heavy atom. The van der Waals surface area contributed by atoms with Gasteiger partial charge >= 0.3 is 0 Å². The molecule has 1 unspecified atom stereocenters. The van der Waals surface area contributed by atoms with E-state index >= 15 is 0 Å². The highest BCUT2D eigenvalue weighted by Crippen LogP contribution is 2.30. The second-order valence-corrected chi connectivity index (χ2v) is 5.93. The van der Waals surface area contributed by atoms with Gasteiger partial charge in [0.1, 0.15) is 4.88 Å². The van der Waals surface area contributed by atoms with Gasteiger partial charge in [-0.2, -0.15) is 0 Å². The summed E-state index contributed by atoms with van der Waals surface area (Å²) in [6.07, 6.45) is 3.21. The highest BCUT2D eigenvalue weighted by molar-refractivity contribution is 7.13. The van der Waals surface area contributed by atoms with E-state index < -0.39 is 0 Å². The van der Waals surface area contributed by atoms with Crippen LogP contribution in [0.5, 0.6) is 0 Å². The fourth-order valence-electron chi connectivity index (χ4n) is 2.13. The monoisotopic (exact) mass is 291 g/mol. The quantitative estimate of drug-likeness (QED) is 0.756. The van der Waals surface area contributed by atoms with E-state index in [2.05, 4.69) is 0 Å². The summed E-state index contributed by atoms with van der Waals surface area (Å²) in [5, 5.41) is 2.52. The number of likely N-dealkylation sites (tertiary alicyclic amines) is 1. The van der Waals surface area contributed by atoms with Crippen molar-refractivity contribution in [2.45, 2.75) is 32.2 Å². The SMILES string of the molecule is Cc1csc(C(=O)N2CCCCC2CCl)c1Cl. The third-order valence-corrected chi connectivity index (χ3v) is 5.20. The number of hydrogen-bond acceptors (Lipinski definition) is 2. The lowest BCUT2D eigenvalue weighted by molar-refractivity contribution is 0.0644. The lowest BCUT2D eigenvalue weighted by Crippen LogP contribution is -2.44. The normalized spacial score (nSPS) is 20.6. The van der Waals surface area contributed by atoms with Crippen LogP contribution >= 0.6 is 34.5 Å². The first kappa shape index (κ1) is 13.2. The molecular formula is C12H15Cl2NOS. The number of aryl methyl sites for hydroxylation is 1. The van der Waals surface area contributed by atoms with Crippen LogP contribution < -0.4 is 0 Å². The van der Waals surface area contributed by atoms with Crippen LogP contribution in [0.3, 0.4) is 0 Å². The van der Waals surface area contributed by atoms with Gasteiger partial charge in [-0.1, -0.05) is 11.6 Å². The maximum absolute atomic E-state index is 12.4. The van der Waals surface area contributed by atoms with Gasteiger partial charge < -0.3 is 4.90 Å². The van der Waals surface area contributed by atoms with Crippen molar-refractivity contribution in [3.63, 3.8) is 0 Å². The summed E-state index contributed by atoms with van der Waals surface area (Å²) >= 11 is 13.5. The van der Waals surface area contributed by atoms with Crippen molar-refractivity contribution < 1.29 is 4.79 Å². The molecule has 0 radical (unpaired) electrons. The van der Waals surface area contributed by atoms with E-state index in [9.17, 15) is 4.79 Å². The molecule has 0 bridgehead atoms. The number of carbonyl (C=O) groups excluding carboxylic acids is 1. The average Bonchev–Trinajstić information content (AvgIpc) is 2.69. The highest BCUT2D eigenvalue weighted by atomic mass is 35.5. The maximum atomic E-state index is 12.4. The van der Waals surface area contributed by atoms with Gasteiger partial charge in [0.2, 0.25) is 0 Å². The van der Waals surface area contributed by atoms with Crippen LogP contribution in [0, 0.1) is 6.92 Å². The van der Waals surface area contributed by atoms with E-state index in [1.54, 1.807) is 0 Å². The molecule has 0 N–H and O–H groups in total. The van der Waals surface area contributed by atoms with E-state index in [0.717, 1.165) is 31.4 Å². The van der Waals surface area contributed by atoms with Crippen LogP contribution in [0.2, 0.25) is 5.02 Å². The summed E-state index contributed by atoms with van der Waals surface area (Å²) in [5.41, 5.74) is 0.972. The molecule has 1 aliphatic rings. The van der Waals surface area contributed by atoms with Gasteiger partial charge in [0, 0.05) is 18.5 Å². The number of alkyl halides is 1. The summed E-state index contributed by atoms with van der Waals surface area (Å²) in [7, 11) is 0. The molecule has 1 saturated heterocycles. The molecule has 1 amide bonds. The van der Waals surface area contributed by atoms with E-state index in [0.29, 0.717) is 15.8 Å². The molecule has 1 fully saturated rings. The van der Waals surface area contributed by atoms with Crippen LogP contribution in [0.25, 0.3) is 0 Å². The standard InChI is InChI=1S/C12H15Cl2NOS/c1-8-7-17-11(10(8)14)12(16)15-5-3-2-4-9(15)6-13/h7,9H,2-6H2,1H3. The molecule has 1 aliphatic heterocycles. The Balaban J connectivity index is 2.21. The Morgan fingerprint density at radius 2 is 2.35 bits per heavy atom. The van der Waals surface area contributed by atoms with E-state index in [-0.39, 0.29) is 11.9 Å². The number of thiophene rings is 1. The molecule has 0 spiro atoms. The number of carbonyl (C=O) groups is 1. The van der Waals surface area contributed by atoms with Gasteiger partial charge in [-0.3, -0.25) is 4.79 Å². The highest BCUT2D eigenvalue weighted by Gasteiger charge is 2.29. The number of piperidine rings is 1. The number of halogens is 2. The molecule has 0 aromatic carbocycles. The van der Waals surface area contributed by atoms with Crippen LogP contribution in [-0.2, 0) is 0 Å². The first-order valence-corrected chi connectivity index (χ1v) is 7.55. The average molecular weight is 292 g/mol. The molecule has 1 aromatic rings. The molecule has 2 nitrogen and oxygen atoms in total. The second-order valence-electron chi connectivity index (χ2n) is 4.36. The molecule has 94 valence electrons. The Morgan fingerprint density at radius 3 is 2.94 bits per heavy atom. The third kappa shape index (κ3) is 2.61. The molecular weight excluding hydrogens is 277 g/mol. The summed E-state index contributed by atoms with van der Waals surface area (Å²) in [5.74, 6) is 0.548.